The van der Waals surface area contributed by atoms with Crippen LogP contribution >= 0.6 is 12.2 Å². The van der Waals surface area contributed by atoms with Gasteiger partial charge in [0, 0.05) is 19.2 Å². The molecule has 2 aromatic rings. The third kappa shape index (κ3) is 2.85. The topological polar surface area (TPSA) is 65.7 Å². The minimum Gasteiger partial charge on any atom is -0.441 e. The maximum atomic E-state index is 11.2. The third-order valence-corrected chi connectivity index (χ3v) is 2.74. The summed E-state index contributed by atoms with van der Waals surface area (Å²) in [6.07, 6.45) is 0. The van der Waals surface area contributed by atoms with Gasteiger partial charge in [0.05, 0.1) is 0 Å². The van der Waals surface area contributed by atoms with Crippen LogP contribution in [0, 0.1) is 11.6 Å². The molecule has 1 heterocycles. The van der Waals surface area contributed by atoms with E-state index >= 15 is 0 Å². The third-order valence-electron chi connectivity index (χ3n) is 2.54. The van der Waals surface area contributed by atoms with E-state index in [0.717, 1.165) is 10.9 Å². The first-order chi connectivity index (χ1) is 9.38. The summed E-state index contributed by atoms with van der Waals surface area (Å²) in [7, 11) is 0. The Morgan fingerprint density at radius 1 is 1.15 bits per heavy atom. The highest BCUT2D eigenvalue weighted by Crippen LogP contribution is 2.37. The van der Waals surface area contributed by atoms with Gasteiger partial charge in [0.15, 0.2) is 16.0 Å². The van der Waals surface area contributed by atoms with Crippen LogP contribution in [0.15, 0.2) is 22.6 Å². The molecule has 6 heteroatoms. The normalized spacial score (nSPS) is 10.3. The smallest absolute Gasteiger partial charge is 0.308 e. The monoisotopic (exact) mass is 292 g/mol. The van der Waals surface area contributed by atoms with Crippen molar-refractivity contribution < 1.29 is 23.5 Å². The zero-order valence-corrected chi connectivity index (χ0v) is 12.0. The van der Waals surface area contributed by atoms with Crippen LogP contribution in [0.5, 0.6) is 11.5 Å². The number of benzene rings is 1. The van der Waals surface area contributed by atoms with Crippen molar-refractivity contribution in [1.29, 1.82) is 0 Å². The average Bonchev–Trinajstić information content (AvgIpc) is 2.31. The van der Waals surface area contributed by atoms with Crippen molar-refractivity contribution in [1.82, 2.24) is 0 Å². The summed E-state index contributed by atoms with van der Waals surface area (Å²) in [5.41, 5.74) is 1.16. The van der Waals surface area contributed by atoms with Gasteiger partial charge in [-0.3, -0.25) is 9.59 Å². The van der Waals surface area contributed by atoms with Gasteiger partial charge in [-0.1, -0.05) is 0 Å². The van der Waals surface area contributed by atoms with Gasteiger partial charge in [0.2, 0.25) is 5.75 Å². The van der Waals surface area contributed by atoms with Gasteiger partial charge in [-0.25, -0.2) is 0 Å². The van der Waals surface area contributed by atoms with E-state index in [-0.39, 0.29) is 21.8 Å². The van der Waals surface area contributed by atoms with Gasteiger partial charge >= 0.3 is 11.9 Å². The average molecular weight is 292 g/mol. The summed E-state index contributed by atoms with van der Waals surface area (Å²) in [6.45, 7) is 4.37. The number of hydrogen-bond donors (Lipinski definition) is 0. The van der Waals surface area contributed by atoms with E-state index in [1.165, 1.54) is 13.8 Å². The molecule has 0 spiro atoms. The molecular weight excluding hydrogens is 280 g/mol. The first-order valence-corrected chi connectivity index (χ1v) is 6.23. The van der Waals surface area contributed by atoms with Crippen LogP contribution in [0.2, 0.25) is 0 Å². The summed E-state index contributed by atoms with van der Waals surface area (Å²) in [6, 6.07) is 4.96. The second kappa shape index (κ2) is 5.42. The molecule has 20 heavy (non-hydrogen) atoms. The number of esters is 2. The molecule has 0 fully saturated rings. The van der Waals surface area contributed by atoms with Crippen LogP contribution in [0.4, 0.5) is 0 Å². The van der Waals surface area contributed by atoms with Crippen molar-refractivity contribution in [2.45, 2.75) is 20.8 Å². The minimum absolute atomic E-state index is 0.0556. The fraction of sp³-hybridized carbons (Fsp3) is 0.214. The molecular formula is C14H12O5S. The molecule has 1 aromatic carbocycles. The SMILES string of the molecule is CC(=O)Oc1ccc2c(C)cc(=S)oc2c1OC(C)=O. The van der Waals surface area contributed by atoms with E-state index in [1.807, 2.05) is 6.92 Å². The Morgan fingerprint density at radius 2 is 1.80 bits per heavy atom. The fourth-order valence-corrected chi connectivity index (χ4v) is 2.08. The standard InChI is InChI=1S/C14H12O5S/c1-7-6-12(20)19-13-10(7)4-5-11(17-8(2)15)14(13)18-9(3)16/h4-6H,1-3H3. The Kier molecular flexibility index (Phi) is 3.85. The van der Waals surface area contributed by atoms with Crippen molar-refractivity contribution >= 4 is 35.1 Å². The number of fused-ring (bicyclic) bond motifs is 1. The molecule has 2 rings (SSSR count). The molecule has 5 nitrogen and oxygen atoms in total. The predicted molar refractivity (Wildman–Crippen MR) is 74.4 cm³/mol. The number of hydrogen-bond acceptors (Lipinski definition) is 6. The Balaban J connectivity index is 2.78. The number of carbonyl (C=O) groups excluding carboxylic acids is 2. The van der Waals surface area contributed by atoms with E-state index in [4.69, 9.17) is 26.1 Å². The van der Waals surface area contributed by atoms with Crippen molar-refractivity contribution in [3.63, 3.8) is 0 Å². The highest BCUT2D eigenvalue weighted by atomic mass is 32.1. The summed E-state index contributed by atoms with van der Waals surface area (Å²) in [5.74, 6) is -0.901. The van der Waals surface area contributed by atoms with E-state index in [1.54, 1.807) is 18.2 Å². The van der Waals surface area contributed by atoms with Gasteiger partial charge < -0.3 is 13.9 Å². The lowest BCUT2D eigenvalue weighted by Crippen LogP contribution is -2.07. The summed E-state index contributed by atoms with van der Waals surface area (Å²) in [4.78, 5) is 22.3. The maximum Gasteiger partial charge on any atom is 0.308 e. The molecule has 0 radical (unpaired) electrons. The van der Waals surface area contributed by atoms with Crippen molar-refractivity contribution in [2.24, 2.45) is 0 Å². The van der Waals surface area contributed by atoms with E-state index < -0.39 is 11.9 Å². The molecule has 0 aliphatic heterocycles. The van der Waals surface area contributed by atoms with Crippen LogP contribution in [-0.2, 0) is 9.59 Å². The van der Waals surface area contributed by atoms with Gasteiger partial charge in [0.25, 0.3) is 0 Å². The molecule has 0 aliphatic carbocycles. The van der Waals surface area contributed by atoms with Crippen LogP contribution in [0.1, 0.15) is 19.4 Å². The van der Waals surface area contributed by atoms with Gasteiger partial charge in [0.1, 0.15) is 0 Å². The number of aryl methyl sites for hydroxylation is 1. The summed E-state index contributed by atoms with van der Waals surface area (Å²) >= 11 is 5.02. The molecule has 104 valence electrons. The number of ether oxygens (including phenoxy) is 2. The largest absolute Gasteiger partial charge is 0.441 e. The molecule has 1 aromatic heterocycles. The first-order valence-electron chi connectivity index (χ1n) is 5.83. The lowest BCUT2D eigenvalue weighted by molar-refractivity contribution is -0.134. The molecule has 0 saturated heterocycles. The zero-order valence-electron chi connectivity index (χ0n) is 11.2. The predicted octanol–water partition coefficient (Wildman–Crippen LogP) is 3.32. The van der Waals surface area contributed by atoms with E-state index in [0.29, 0.717) is 0 Å². The Hall–Kier alpha value is -2.21. The molecule has 0 aliphatic rings. The summed E-state index contributed by atoms with van der Waals surface area (Å²) < 4.78 is 15.8. The lowest BCUT2D eigenvalue weighted by Gasteiger charge is -2.11. The molecule has 0 bridgehead atoms. The number of carbonyl (C=O) groups is 2. The first kappa shape index (κ1) is 14.2. The summed E-state index contributed by atoms with van der Waals surface area (Å²) in [5, 5.41) is 0.728. The second-order valence-corrected chi connectivity index (χ2v) is 4.61. The Bertz CT molecular complexity index is 760. The van der Waals surface area contributed by atoms with Crippen molar-refractivity contribution in [2.75, 3.05) is 0 Å². The number of rotatable bonds is 2. The molecule has 0 amide bonds. The highest BCUT2D eigenvalue weighted by Gasteiger charge is 2.17. The van der Waals surface area contributed by atoms with Crippen LogP contribution in [0.25, 0.3) is 11.0 Å². The van der Waals surface area contributed by atoms with Crippen LogP contribution in [-0.4, -0.2) is 11.9 Å². The lowest BCUT2D eigenvalue weighted by atomic mass is 10.1. The van der Waals surface area contributed by atoms with Crippen molar-refractivity contribution in [3.8, 4) is 11.5 Å². The quantitative estimate of drug-likeness (QED) is 0.480. The fourth-order valence-electron chi connectivity index (χ4n) is 1.82. The van der Waals surface area contributed by atoms with Crippen molar-refractivity contribution in [3.05, 3.63) is 28.5 Å². The van der Waals surface area contributed by atoms with E-state index in [2.05, 4.69) is 0 Å². The van der Waals surface area contributed by atoms with E-state index in [9.17, 15) is 9.59 Å². The zero-order chi connectivity index (χ0) is 14.9. The van der Waals surface area contributed by atoms with Gasteiger partial charge in [-0.15, -0.1) is 0 Å². The van der Waals surface area contributed by atoms with Gasteiger partial charge in [-0.2, -0.15) is 0 Å². The maximum absolute atomic E-state index is 11.2. The molecule has 0 saturated carbocycles. The van der Waals surface area contributed by atoms with Gasteiger partial charge in [-0.05, 0) is 42.9 Å². The molecule has 0 N–H and O–H groups in total. The Morgan fingerprint density at radius 3 is 2.40 bits per heavy atom. The minimum atomic E-state index is -0.548. The molecule has 0 atom stereocenters. The highest BCUT2D eigenvalue weighted by molar-refractivity contribution is 7.71. The second-order valence-electron chi connectivity index (χ2n) is 4.21. The Labute approximate surface area is 120 Å². The molecule has 0 unspecified atom stereocenters. The van der Waals surface area contributed by atoms with Crippen LogP contribution < -0.4 is 9.47 Å². The van der Waals surface area contributed by atoms with Crippen LogP contribution in [0.3, 0.4) is 0 Å².